The molecule has 4 nitrogen and oxygen atoms in total. The van der Waals surface area contributed by atoms with Crippen molar-refractivity contribution in [1.29, 1.82) is 0 Å². The van der Waals surface area contributed by atoms with Crippen LogP contribution in [0.2, 0.25) is 0 Å². The molecule has 1 rings (SSSR count). The third-order valence-electron chi connectivity index (χ3n) is 2.03. The van der Waals surface area contributed by atoms with Crippen molar-refractivity contribution >= 4 is 17.5 Å². The average Bonchev–Trinajstić information content (AvgIpc) is 2.27. The van der Waals surface area contributed by atoms with Crippen LogP contribution in [0.1, 0.15) is 0 Å². The molecule has 0 aliphatic rings. The molecule has 1 N–H and O–H groups in total. The van der Waals surface area contributed by atoms with Gasteiger partial charge in [0, 0.05) is 12.7 Å². The van der Waals surface area contributed by atoms with E-state index in [4.69, 9.17) is 0 Å². The van der Waals surface area contributed by atoms with E-state index in [1.54, 1.807) is 30.3 Å². The number of nitrogens with zero attached hydrogens (tertiary/aromatic N) is 1. The molecule has 1 aromatic carbocycles. The highest BCUT2D eigenvalue weighted by molar-refractivity contribution is 5.95. The molecular weight excluding hydrogens is 249 g/mol. The Kier molecular flexibility index (Phi) is 4.30. The van der Waals surface area contributed by atoms with E-state index in [1.165, 1.54) is 0 Å². The van der Waals surface area contributed by atoms with Crippen LogP contribution in [-0.2, 0) is 9.59 Å². The standard InChI is InChI=1S/C11H11F3N2O2/c1-16(10(18)11(12,13)14)7-9(17)15-8-5-3-2-4-6-8/h2-6H,7H2,1H3,(H,15,17). The lowest BCUT2D eigenvalue weighted by Crippen LogP contribution is -2.42. The molecule has 0 unspecified atom stereocenters. The van der Waals surface area contributed by atoms with Crippen LogP contribution in [0.3, 0.4) is 0 Å². The summed E-state index contributed by atoms with van der Waals surface area (Å²) in [6.45, 7) is -0.659. The van der Waals surface area contributed by atoms with Gasteiger partial charge in [-0.05, 0) is 12.1 Å². The Balaban J connectivity index is 2.53. The molecule has 0 radical (unpaired) electrons. The third-order valence-corrected chi connectivity index (χ3v) is 2.03. The monoisotopic (exact) mass is 260 g/mol. The predicted octanol–water partition coefficient (Wildman–Crippen LogP) is 1.65. The van der Waals surface area contributed by atoms with Crippen LogP contribution < -0.4 is 5.32 Å². The van der Waals surface area contributed by atoms with Crippen molar-refractivity contribution in [2.45, 2.75) is 6.18 Å². The van der Waals surface area contributed by atoms with E-state index >= 15 is 0 Å². The van der Waals surface area contributed by atoms with Gasteiger partial charge in [-0.15, -0.1) is 0 Å². The van der Waals surface area contributed by atoms with Crippen molar-refractivity contribution in [3.05, 3.63) is 30.3 Å². The maximum Gasteiger partial charge on any atom is 0.471 e. The molecule has 0 fully saturated rings. The van der Waals surface area contributed by atoms with Crippen molar-refractivity contribution in [3.63, 3.8) is 0 Å². The van der Waals surface area contributed by atoms with Crippen molar-refractivity contribution < 1.29 is 22.8 Å². The molecule has 0 saturated carbocycles. The predicted molar refractivity (Wildman–Crippen MR) is 58.8 cm³/mol. The van der Waals surface area contributed by atoms with Gasteiger partial charge < -0.3 is 10.2 Å². The number of alkyl halides is 3. The van der Waals surface area contributed by atoms with Gasteiger partial charge in [-0.3, -0.25) is 9.59 Å². The number of hydrogen-bond donors (Lipinski definition) is 1. The molecule has 0 aliphatic heterocycles. The number of amides is 2. The normalized spacial score (nSPS) is 10.9. The molecule has 0 aliphatic carbocycles. The smallest absolute Gasteiger partial charge is 0.329 e. The van der Waals surface area contributed by atoms with Gasteiger partial charge in [0.05, 0.1) is 6.54 Å². The van der Waals surface area contributed by atoms with Crippen LogP contribution in [-0.4, -0.2) is 36.5 Å². The second-order valence-electron chi connectivity index (χ2n) is 3.57. The van der Waals surface area contributed by atoms with E-state index in [0.29, 0.717) is 10.6 Å². The first-order chi connectivity index (χ1) is 8.30. The van der Waals surface area contributed by atoms with Gasteiger partial charge >= 0.3 is 12.1 Å². The van der Waals surface area contributed by atoms with Crippen LogP contribution in [0.4, 0.5) is 18.9 Å². The Morgan fingerprint density at radius 1 is 1.22 bits per heavy atom. The second-order valence-corrected chi connectivity index (χ2v) is 3.57. The van der Waals surface area contributed by atoms with Gasteiger partial charge in [0.25, 0.3) is 0 Å². The molecule has 0 aromatic heterocycles. The number of anilines is 1. The first kappa shape index (κ1) is 14.0. The van der Waals surface area contributed by atoms with Crippen molar-refractivity contribution in [2.24, 2.45) is 0 Å². The molecule has 7 heteroatoms. The summed E-state index contributed by atoms with van der Waals surface area (Å²) < 4.78 is 36.2. The number of carbonyl (C=O) groups excluding carboxylic acids is 2. The molecule has 1 aromatic rings. The maximum atomic E-state index is 12.1. The van der Waals surface area contributed by atoms with E-state index in [9.17, 15) is 22.8 Å². The summed E-state index contributed by atoms with van der Waals surface area (Å²) in [5.41, 5.74) is 0.454. The Bertz CT molecular complexity index is 432. The molecule has 18 heavy (non-hydrogen) atoms. The number of hydrogen-bond acceptors (Lipinski definition) is 2. The van der Waals surface area contributed by atoms with Gasteiger partial charge in [-0.2, -0.15) is 13.2 Å². The second kappa shape index (κ2) is 5.52. The average molecular weight is 260 g/mol. The first-order valence-electron chi connectivity index (χ1n) is 4.98. The zero-order valence-corrected chi connectivity index (χ0v) is 9.49. The van der Waals surface area contributed by atoms with Crippen LogP contribution in [0.15, 0.2) is 30.3 Å². The van der Waals surface area contributed by atoms with Crippen LogP contribution in [0.5, 0.6) is 0 Å². The molecule has 0 saturated heterocycles. The number of halogens is 3. The molecule has 98 valence electrons. The van der Waals surface area contributed by atoms with E-state index in [0.717, 1.165) is 7.05 Å². The maximum absolute atomic E-state index is 12.1. The fraction of sp³-hybridized carbons (Fsp3) is 0.273. The SMILES string of the molecule is CN(CC(=O)Nc1ccccc1)C(=O)C(F)(F)F. The van der Waals surface area contributed by atoms with E-state index in [1.807, 2.05) is 0 Å². The lowest BCUT2D eigenvalue weighted by atomic mass is 10.3. The number of rotatable bonds is 3. The third kappa shape index (κ3) is 4.08. The number of nitrogens with one attached hydrogen (secondary N) is 1. The molecule has 0 heterocycles. The van der Waals surface area contributed by atoms with E-state index in [2.05, 4.69) is 5.32 Å². The lowest BCUT2D eigenvalue weighted by Gasteiger charge is -2.18. The van der Waals surface area contributed by atoms with Crippen molar-refractivity contribution in [3.8, 4) is 0 Å². The zero-order valence-electron chi connectivity index (χ0n) is 9.49. The number of para-hydroxylation sites is 1. The Morgan fingerprint density at radius 2 is 1.78 bits per heavy atom. The van der Waals surface area contributed by atoms with Gasteiger partial charge in [0.1, 0.15) is 0 Å². The highest BCUT2D eigenvalue weighted by atomic mass is 19.4. The fourth-order valence-corrected chi connectivity index (χ4v) is 1.23. The quantitative estimate of drug-likeness (QED) is 0.898. The highest BCUT2D eigenvalue weighted by Gasteiger charge is 2.41. The number of likely N-dealkylation sites (N-methyl/N-ethyl adjacent to an activating group) is 1. The Hall–Kier alpha value is -2.05. The summed E-state index contributed by atoms with van der Waals surface area (Å²) in [6, 6.07) is 8.24. The minimum atomic E-state index is -4.97. The molecule has 2 amide bonds. The van der Waals surface area contributed by atoms with Crippen molar-refractivity contribution in [1.82, 2.24) is 4.90 Å². The van der Waals surface area contributed by atoms with Crippen LogP contribution in [0, 0.1) is 0 Å². The molecule has 0 atom stereocenters. The first-order valence-corrected chi connectivity index (χ1v) is 4.98. The summed E-state index contributed by atoms with van der Waals surface area (Å²) in [7, 11) is 0.917. The van der Waals surface area contributed by atoms with Gasteiger partial charge in [-0.1, -0.05) is 18.2 Å². The summed E-state index contributed by atoms with van der Waals surface area (Å²) in [4.78, 5) is 22.5. The van der Waals surface area contributed by atoms with E-state index < -0.39 is 24.5 Å². The minimum Gasteiger partial charge on any atom is -0.329 e. The lowest BCUT2D eigenvalue weighted by molar-refractivity contribution is -0.184. The summed E-state index contributed by atoms with van der Waals surface area (Å²) in [5.74, 6) is -2.74. The largest absolute Gasteiger partial charge is 0.471 e. The van der Waals surface area contributed by atoms with Crippen molar-refractivity contribution in [2.75, 3.05) is 18.9 Å². The Labute approximate surface area is 101 Å². The Morgan fingerprint density at radius 3 is 2.28 bits per heavy atom. The summed E-state index contributed by atoms with van der Waals surface area (Å²) >= 11 is 0. The van der Waals surface area contributed by atoms with E-state index in [-0.39, 0.29) is 0 Å². The van der Waals surface area contributed by atoms with Gasteiger partial charge in [-0.25, -0.2) is 0 Å². The molecule has 0 spiro atoms. The van der Waals surface area contributed by atoms with Gasteiger partial charge in [0.15, 0.2) is 0 Å². The molecule has 0 bridgehead atoms. The summed E-state index contributed by atoms with van der Waals surface area (Å²) in [6.07, 6.45) is -4.97. The fourth-order valence-electron chi connectivity index (χ4n) is 1.23. The topological polar surface area (TPSA) is 49.4 Å². The minimum absolute atomic E-state index is 0.318. The number of carbonyl (C=O) groups is 2. The van der Waals surface area contributed by atoms with Crippen LogP contribution in [0.25, 0.3) is 0 Å². The molecular formula is C11H11F3N2O2. The van der Waals surface area contributed by atoms with Gasteiger partial charge in [0.2, 0.25) is 5.91 Å². The number of benzene rings is 1. The zero-order chi connectivity index (χ0) is 13.8. The van der Waals surface area contributed by atoms with Crippen LogP contribution >= 0.6 is 0 Å². The summed E-state index contributed by atoms with van der Waals surface area (Å²) in [5, 5.41) is 2.38. The highest BCUT2D eigenvalue weighted by Crippen LogP contribution is 2.17.